The first kappa shape index (κ1) is 20.5. The molecule has 1 aromatic carbocycles. The molecule has 0 atom stereocenters. The van der Waals surface area contributed by atoms with Crippen molar-refractivity contribution in [3.05, 3.63) is 65.6 Å². The van der Waals surface area contributed by atoms with E-state index in [4.69, 9.17) is 0 Å². The van der Waals surface area contributed by atoms with Gasteiger partial charge in [-0.15, -0.1) is 0 Å². The van der Waals surface area contributed by atoms with Gasteiger partial charge in [0.25, 0.3) is 5.91 Å². The molecule has 3 heterocycles. The average molecular weight is 435 g/mol. The highest BCUT2D eigenvalue weighted by Crippen LogP contribution is 2.30. The Bertz CT molecular complexity index is 950. The molecular formula is C20H20F3N5OS. The molecule has 2 aliphatic rings. The van der Waals surface area contributed by atoms with Crippen molar-refractivity contribution in [2.24, 2.45) is 0 Å². The third-order valence-corrected chi connectivity index (χ3v) is 5.81. The molecular weight excluding hydrogens is 415 g/mol. The summed E-state index contributed by atoms with van der Waals surface area (Å²) in [6.07, 6.45) is 3.19. The molecule has 2 aliphatic heterocycles. The van der Waals surface area contributed by atoms with Crippen molar-refractivity contribution < 1.29 is 18.0 Å². The van der Waals surface area contributed by atoms with Gasteiger partial charge in [0.15, 0.2) is 0 Å². The molecule has 1 aromatic heterocycles. The summed E-state index contributed by atoms with van der Waals surface area (Å²) in [4.78, 5) is 22.9. The molecule has 158 valence electrons. The fourth-order valence-electron chi connectivity index (χ4n) is 3.53. The second-order valence-corrected chi connectivity index (χ2v) is 7.83. The Morgan fingerprint density at radius 1 is 1.17 bits per heavy atom. The van der Waals surface area contributed by atoms with Gasteiger partial charge in [-0.3, -0.25) is 9.69 Å². The van der Waals surface area contributed by atoms with Crippen LogP contribution < -0.4 is 4.90 Å². The molecule has 1 saturated heterocycles. The van der Waals surface area contributed by atoms with Crippen LogP contribution in [0.4, 0.5) is 18.3 Å². The van der Waals surface area contributed by atoms with Gasteiger partial charge in [0, 0.05) is 62.1 Å². The highest BCUT2D eigenvalue weighted by Gasteiger charge is 2.32. The minimum Gasteiger partial charge on any atom is -0.336 e. The zero-order valence-corrected chi connectivity index (χ0v) is 16.9. The van der Waals surface area contributed by atoms with Crippen LogP contribution in [0.3, 0.4) is 0 Å². The fraction of sp³-hybridized carbons (Fsp3) is 0.350. The summed E-state index contributed by atoms with van der Waals surface area (Å²) in [6, 6.07) is 4.61. The standard InChI is InChI=1S/C20H20F3N5OS/c21-20(22,23)16-5-3-4-15(12-16)18(29)27-10-8-26(9-11-27)13-17-6-1-2-7-28(17)19-24-14-25-30-19/h1-6,12,14H,7-11,13H2. The van der Waals surface area contributed by atoms with E-state index in [2.05, 4.69) is 25.2 Å². The molecule has 1 fully saturated rings. The van der Waals surface area contributed by atoms with E-state index in [0.717, 1.165) is 29.5 Å². The summed E-state index contributed by atoms with van der Waals surface area (Å²) in [5, 5.41) is 0.837. The van der Waals surface area contributed by atoms with E-state index in [1.165, 1.54) is 30.0 Å². The number of piperazine rings is 1. The number of hydrogen-bond acceptors (Lipinski definition) is 6. The first-order valence-corrected chi connectivity index (χ1v) is 10.3. The van der Waals surface area contributed by atoms with Crippen LogP contribution in [-0.4, -0.2) is 64.3 Å². The number of allylic oxidation sites excluding steroid dienone is 2. The molecule has 0 spiro atoms. The molecule has 0 aliphatic carbocycles. The van der Waals surface area contributed by atoms with Crippen molar-refractivity contribution >= 4 is 22.6 Å². The number of rotatable bonds is 4. The van der Waals surface area contributed by atoms with E-state index in [0.29, 0.717) is 32.7 Å². The largest absolute Gasteiger partial charge is 0.416 e. The van der Waals surface area contributed by atoms with E-state index in [1.807, 2.05) is 12.2 Å². The van der Waals surface area contributed by atoms with Crippen molar-refractivity contribution in [1.29, 1.82) is 0 Å². The van der Waals surface area contributed by atoms with Gasteiger partial charge >= 0.3 is 6.18 Å². The molecule has 6 nitrogen and oxygen atoms in total. The van der Waals surface area contributed by atoms with Gasteiger partial charge in [-0.2, -0.15) is 17.5 Å². The third-order valence-electron chi connectivity index (χ3n) is 5.12. The number of halogens is 3. The quantitative estimate of drug-likeness (QED) is 0.738. The number of carbonyl (C=O) groups is 1. The number of alkyl halides is 3. The summed E-state index contributed by atoms with van der Waals surface area (Å²) in [7, 11) is 0. The van der Waals surface area contributed by atoms with Crippen LogP contribution in [0.2, 0.25) is 0 Å². The molecule has 1 amide bonds. The van der Waals surface area contributed by atoms with E-state index in [9.17, 15) is 18.0 Å². The predicted molar refractivity (Wildman–Crippen MR) is 108 cm³/mol. The maximum absolute atomic E-state index is 12.9. The van der Waals surface area contributed by atoms with Crippen molar-refractivity contribution in [1.82, 2.24) is 19.2 Å². The lowest BCUT2D eigenvalue weighted by Crippen LogP contribution is -2.50. The molecule has 0 bridgehead atoms. The van der Waals surface area contributed by atoms with E-state index < -0.39 is 11.7 Å². The van der Waals surface area contributed by atoms with Crippen LogP contribution in [0.25, 0.3) is 0 Å². The number of carbonyl (C=O) groups excluding carboxylic acids is 1. The first-order valence-electron chi connectivity index (χ1n) is 9.50. The van der Waals surface area contributed by atoms with Crippen LogP contribution in [0.1, 0.15) is 15.9 Å². The summed E-state index contributed by atoms with van der Waals surface area (Å²) in [6.45, 7) is 3.67. The molecule has 0 saturated carbocycles. The number of benzene rings is 1. The lowest BCUT2D eigenvalue weighted by atomic mass is 10.1. The number of anilines is 1. The highest BCUT2D eigenvalue weighted by molar-refractivity contribution is 7.09. The summed E-state index contributed by atoms with van der Waals surface area (Å²) in [5.74, 6) is -0.365. The Hall–Kier alpha value is -2.72. The van der Waals surface area contributed by atoms with E-state index in [-0.39, 0.29) is 11.5 Å². The van der Waals surface area contributed by atoms with Crippen LogP contribution in [0.15, 0.2) is 54.5 Å². The predicted octanol–water partition coefficient (Wildman–Crippen LogP) is 3.28. The highest BCUT2D eigenvalue weighted by atomic mass is 32.1. The van der Waals surface area contributed by atoms with Gasteiger partial charge in [-0.05, 0) is 24.3 Å². The smallest absolute Gasteiger partial charge is 0.336 e. The fourth-order valence-corrected chi connectivity index (χ4v) is 4.10. The van der Waals surface area contributed by atoms with Gasteiger partial charge in [0.05, 0.1) is 5.56 Å². The van der Waals surface area contributed by atoms with Gasteiger partial charge in [0.2, 0.25) is 5.13 Å². The van der Waals surface area contributed by atoms with E-state index in [1.54, 1.807) is 4.90 Å². The molecule has 0 N–H and O–H groups in total. The lowest BCUT2D eigenvalue weighted by Gasteiger charge is -2.37. The van der Waals surface area contributed by atoms with Gasteiger partial charge in [0.1, 0.15) is 6.33 Å². The Labute approximate surface area is 176 Å². The number of amides is 1. The third kappa shape index (κ3) is 4.54. The Morgan fingerprint density at radius 3 is 2.67 bits per heavy atom. The second kappa shape index (κ2) is 8.57. The molecule has 4 rings (SSSR count). The molecule has 0 unspecified atom stereocenters. The van der Waals surface area contributed by atoms with Gasteiger partial charge < -0.3 is 9.80 Å². The summed E-state index contributed by atoms with van der Waals surface area (Å²) >= 11 is 1.34. The molecule has 10 heteroatoms. The SMILES string of the molecule is O=C(c1cccc(C(F)(F)F)c1)N1CCN(CC2=CC=CCN2c2ncns2)CC1. The molecule has 2 aromatic rings. The molecule has 0 radical (unpaired) electrons. The Kier molecular flexibility index (Phi) is 5.87. The summed E-state index contributed by atoms with van der Waals surface area (Å²) < 4.78 is 42.9. The van der Waals surface area contributed by atoms with Crippen LogP contribution in [0.5, 0.6) is 0 Å². The van der Waals surface area contributed by atoms with Crippen molar-refractivity contribution in [3.8, 4) is 0 Å². The normalized spacial score (nSPS) is 17.9. The zero-order chi connectivity index (χ0) is 21.1. The molecule has 30 heavy (non-hydrogen) atoms. The second-order valence-electron chi connectivity index (χ2n) is 7.07. The average Bonchev–Trinajstić information content (AvgIpc) is 3.28. The van der Waals surface area contributed by atoms with Crippen LogP contribution in [-0.2, 0) is 6.18 Å². The lowest BCUT2D eigenvalue weighted by molar-refractivity contribution is -0.137. The zero-order valence-electron chi connectivity index (χ0n) is 16.0. The minimum atomic E-state index is -4.46. The maximum atomic E-state index is 12.9. The van der Waals surface area contributed by atoms with Crippen LogP contribution in [0, 0.1) is 0 Å². The van der Waals surface area contributed by atoms with E-state index >= 15 is 0 Å². The Morgan fingerprint density at radius 2 is 1.97 bits per heavy atom. The van der Waals surface area contributed by atoms with Crippen molar-refractivity contribution in [3.63, 3.8) is 0 Å². The Balaban J connectivity index is 1.36. The van der Waals surface area contributed by atoms with Crippen molar-refractivity contribution in [2.45, 2.75) is 6.18 Å². The number of aromatic nitrogens is 2. The number of nitrogens with zero attached hydrogens (tertiary/aromatic N) is 5. The number of hydrogen-bond donors (Lipinski definition) is 0. The maximum Gasteiger partial charge on any atom is 0.416 e. The monoisotopic (exact) mass is 435 g/mol. The summed E-state index contributed by atoms with van der Waals surface area (Å²) in [5.41, 5.74) is 0.369. The van der Waals surface area contributed by atoms with Gasteiger partial charge in [-0.1, -0.05) is 18.2 Å². The van der Waals surface area contributed by atoms with Crippen molar-refractivity contribution in [2.75, 3.05) is 44.2 Å². The first-order chi connectivity index (χ1) is 14.4. The van der Waals surface area contributed by atoms with Gasteiger partial charge in [-0.25, -0.2) is 4.98 Å². The minimum absolute atomic E-state index is 0.0702. The topological polar surface area (TPSA) is 52.6 Å². The van der Waals surface area contributed by atoms with Crippen LogP contribution >= 0.6 is 11.5 Å².